The average molecular weight is 665 g/mol. The fraction of sp³-hybridized carbons (Fsp3) is 0. The molecule has 9 aromatic rings. The minimum Gasteiger partial charge on any atom is -0.399 e. The summed E-state index contributed by atoms with van der Waals surface area (Å²) in [5, 5.41) is 4.79. The lowest BCUT2D eigenvalue weighted by atomic mass is 9.74. The Morgan fingerprint density at radius 3 is 0.846 bits per heavy atom. The van der Waals surface area contributed by atoms with Crippen molar-refractivity contribution in [3.05, 3.63) is 194 Å². The highest BCUT2D eigenvalue weighted by Crippen LogP contribution is 2.56. The maximum atomic E-state index is 6.36. The molecular formula is C50H36N2. The third kappa shape index (κ3) is 5.57. The molecule has 0 fully saturated rings. The monoisotopic (exact) mass is 664 g/mol. The van der Waals surface area contributed by atoms with Gasteiger partial charge in [-0.3, -0.25) is 0 Å². The summed E-state index contributed by atoms with van der Waals surface area (Å²) < 4.78 is 0. The van der Waals surface area contributed by atoms with Gasteiger partial charge in [-0.1, -0.05) is 158 Å². The summed E-state index contributed by atoms with van der Waals surface area (Å²) in [5.74, 6) is 0. The normalized spacial score (nSPS) is 11.2. The minimum atomic E-state index is 0.730. The maximum Gasteiger partial charge on any atom is 0.0314 e. The van der Waals surface area contributed by atoms with Crippen molar-refractivity contribution in [3.8, 4) is 66.8 Å². The van der Waals surface area contributed by atoms with Gasteiger partial charge in [-0.05, 0) is 125 Å². The van der Waals surface area contributed by atoms with Gasteiger partial charge in [-0.15, -0.1) is 0 Å². The molecular weight excluding hydrogens is 629 g/mol. The number of anilines is 2. The van der Waals surface area contributed by atoms with Gasteiger partial charge in [0.1, 0.15) is 0 Å². The van der Waals surface area contributed by atoms with Crippen molar-refractivity contribution in [1.29, 1.82) is 0 Å². The highest BCUT2D eigenvalue weighted by Gasteiger charge is 2.29. The van der Waals surface area contributed by atoms with Gasteiger partial charge in [0.25, 0.3) is 0 Å². The third-order valence-electron chi connectivity index (χ3n) is 10.1. The van der Waals surface area contributed by atoms with E-state index >= 15 is 0 Å². The van der Waals surface area contributed by atoms with E-state index in [1.807, 2.05) is 24.3 Å². The third-order valence-corrected chi connectivity index (χ3v) is 10.1. The van der Waals surface area contributed by atoms with E-state index in [4.69, 9.17) is 11.5 Å². The van der Waals surface area contributed by atoms with Gasteiger partial charge in [0.15, 0.2) is 0 Å². The smallest absolute Gasteiger partial charge is 0.0314 e. The number of nitrogens with two attached hydrogens (primary N) is 2. The molecule has 0 radical (unpaired) electrons. The first-order valence-electron chi connectivity index (χ1n) is 17.7. The summed E-state index contributed by atoms with van der Waals surface area (Å²) in [5.41, 5.74) is 27.9. The van der Waals surface area contributed by atoms with E-state index in [9.17, 15) is 0 Å². The van der Waals surface area contributed by atoms with Crippen molar-refractivity contribution < 1.29 is 0 Å². The largest absolute Gasteiger partial charge is 0.399 e. The zero-order chi connectivity index (χ0) is 35.0. The molecule has 4 N–H and O–H groups in total. The van der Waals surface area contributed by atoms with Crippen LogP contribution in [-0.4, -0.2) is 0 Å². The molecule has 0 aliphatic heterocycles. The Labute approximate surface area is 304 Å². The van der Waals surface area contributed by atoms with Crippen molar-refractivity contribution in [1.82, 2.24) is 0 Å². The summed E-state index contributed by atoms with van der Waals surface area (Å²) in [6, 6.07) is 69.3. The molecule has 0 atom stereocenters. The van der Waals surface area contributed by atoms with E-state index in [1.54, 1.807) is 0 Å². The molecule has 0 amide bonds. The molecule has 2 nitrogen and oxygen atoms in total. The number of fused-ring (bicyclic) bond motifs is 2. The molecule has 0 heterocycles. The van der Waals surface area contributed by atoms with Crippen LogP contribution in [0.25, 0.3) is 88.3 Å². The van der Waals surface area contributed by atoms with Crippen LogP contribution in [0.5, 0.6) is 0 Å². The topological polar surface area (TPSA) is 52.0 Å². The maximum absolute atomic E-state index is 6.36. The SMILES string of the molecule is Nc1ccc(-c2c(-c3ccccc3)c(-c3ccccc3)c(-c3ccc(N)cc3)c(-c3ccc4ccccc4c3)c2-c2ccc3ccccc3c2)cc1. The molecule has 0 spiro atoms. The molecule has 0 aromatic heterocycles. The first-order valence-corrected chi connectivity index (χ1v) is 17.7. The number of rotatable bonds is 6. The van der Waals surface area contributed by atoms with E-state index in [0.717, 1.165) is 78.1 Å². The Morgan fingerprint density at radius 2 is 0.481 bits per heavy atom. The van der Waals surface area contributed by atoms with E-state index in [1.165, 1.54) is 21.5 Å². The molecule has 9 rings (SSSR count). The summed E-state index contributed by atoms with van der Waals surface area (Å²) in [4.78, 5) is 0. The first-order chi connectivity index (χ1) is 25.6. The van der Waals surface area contributed by atoms with Crippen LogP contribution < -0.4 is 11.5 Å². The molecule has 0 bridgehead atoms. The lowest BCUT2D eigenvalue weighted by Crippen LogP contribution is -2.02. The second-order valence-electron chi connectivity index (χ2n) is 13.3. The Bertz CT molecular complexity index is 2520. The van der Waals surface area contributed by atoms with Gasteiger partial charge in [0.05, 0.1) is 0 Å². The predicted octanol–water partition coefficient (Wildman–Crippen LogP) is 13.2. The molecule has 2 heteroatoms. The fourth-order valence-corrected chi connectivity index (χ4v) is 7.68. The molecule has 0 aliphatic rings. The van der Waals surface area contributed by atoms with Gasteiger partial charge < -0.3 is 11.5 Å². The lowest BCUT2D eigenvalue weighted by molar-refractivity contribution is 1.52. The second-order valence-corrected chi connectivity index (χ2v) is 13.3. The van der Waals surface area contributed by atoms with Gasteiger partial charge in [-0.25, -0.2) is 0 Å². The number of nitrogen functional groups attached to an aromatic ring is 2. The van der Waals surface area contributed by atoms with Crippen LogP contribution in [0.4, 0.5) is 11.4 Å². The van der Waals surface area contributed by atoms with E-state index in [-0.39, 0.29) is 0 Å². The fourth-order valence-electron chi connectivity index (χ4n) is 7.68. The number of hydrogen-bond donors (Lipinski definition) is 2. The standard InChI is InChI=1S/C50H36N2/c51-43-27-23-37(24-28-43)47-45(35-13-3-1-4-14-35)46(36-15-5-2-6-16-36)48(38-25-29-44(52)30-26-38)50(42-22-20-34-12-8-10-18-40(34)32-42)49(47)41-21-19-33-11-7-9-17-39(33)31-41/h1-32H,51-52H2. The molecule has 0 saturated carbocycles. The van der Waals surface area contributed by atoms with E-state index in [0.29, 0.717) is 0 Å². The second kappa shape index (κ2) is 13.1. The number of benzene rings is 9. The Balaban J connectivity index is 1.58. The van der Waals surface area contributed by atoms with Crippen LogP contribution >= 0.6 is 0 Å². The lowest BCUT2D eigenvalue weighted by Gasteiger charge is -2.29. The van der Waals surface area contributed by atoms with Crippen molar-refractivity contribution >= 4 is 32.9 Å². The Hall–Kier alpha value is -6.90. The summed E-state index contributed by atoms with van der Waals surface area (Å²) in [6.45, 7) is 0. The molecule has 246 valence electrons. The van der Waals surface area contributed by atoms with E-state index < -0.39 is 0 Å². The molecule has 0 unspecified atom stereocenters. The van der Waals surface area contributed by atoms with Crippen LogP contribution in [-0.2, 0) is 0 Å². The molecule has 0 saturated heterocycles. The number of hydrogen-bond acceptors (Lipinski definition) is 2. The summed E-state index contributed by atoms with van der Waals surface area (Å²) in [6.07, 6.45) is 0. The highest BCUT2D eigenvalue weighted by molar-refractivity contribution is 6.16. The Kier molecular flexibility index (Phi) is 7.83. The van der Waals surface area contributed by atoms with Gasteiger partial charge in [0, 0.05) is 11.4 Å². The summed E-state index contributed by atoms with van der Waals surface area (Å²) in [7, 11) is 0. The van der Waals surface area contributed by atoms with Crippen LogP contribution in [0.15, 0.2) is 194 Å². The van der Waals surface area contributed by atoms with Crippen LogP contribution in [0.1, 0.15) is 0 Å². The van der Waals surface area contributed by atoms with Gasteiger partial charge in [-0.2, -0.15) is 0 Å². The van der Waals surface area contributed by atoms with Crippen molar-refractivity contribution in [2.75, 3.05) is 11.5 Å². The minimum absolute atomic E-state index is 0.730. The van der Waals surface area contributed by atoms with Crippen LogP contribution in [0.2, 0.25) is 0 Å². The van der Waals surface area contributed by atoms with Crippen molar-refractivity contribution in [2.45, 2.75) is 0 Å². The van der Waals surface area contributed by atoms with Crippen molar-refractivity contribution in [3.63, 3.8) is 0 Å². The summed E-state index contributed by atoms with van der Waals surface area (Å²) >= 11 is 0. The molecule has 0 aliphatic carbocycles. The Morgan fingerprint density at radius 1 is 0.212 bits per heavy atom. The van der Waals surface area contributed by atoms with Gasteiger partial charge >= 0.3 is 0 Å². The zero-order valence-electron chi connectivity index (χ0n) is 28.6. The predicted molar refractivity (Wildman–Crippen MR) is 223 cm³/mol. The first kappa shape index (κ1) is 31.1. The highest BCUT2D eigenvalue weighted by atomic mass is 14.5. The van der Waals surface area contributed by atoms with E-state index in [2.05, 4.69) is 170 Å². The quantitative estimate of drug-likeness (QED) is 0.174. The van der Waals surface area contributed by atoms with Crippen LogP contribution in [0.3, 0.4) is 0 Å². The van der Waals surface area contributed by atoms with Gasteiger partial charge in [0.2, 0.25) is 0 Å². The van der Waals surface area contributed by atoms with Crippen molar-refractivity contribution in [2.24, 2.45) is 0 Å². The van der Waals surface area contributed by atoms with Crippen LogP contribution in [0, 0.1) is 0 Å². The molecule has 9 aromatic carbocycles. The molecule has 52 heavy (non-hydrogen) atoms. The zero-order valence-corrected chi connectivity index (χ0v) is 28.6. The average Bonchev–Trinajstić information content (AvgIpc) is 3.21.